The number of hydrogen-bond donors (Lipinski definition) is 1. The number of anilines is 1. The van der Waals surface area contributed by atoms with Crippen LogP contribution in [0.3, 0.4) is 0 Å². The Hall–Kier alpha value is -2.92. The number of benzene rings is 2. The number of carbonyl (C=O) groups is 2. The van der Waals surface area contributed by atoms with Crippen LogP contribution in [0, 0.1) is 6.92 Å². The largest absolute Gasteiger partial charge is 0.477 e. The molecular weight excluding hydrogens is 346 g/mol. The van der Waals surface area contributed by atoms with E-state index in [-0.39, 0.29) is 10.8 Å². The van der Waals surface area contributed by atoms with E-state index in [1.54, 1.807) is 6.07 Å². The molecule has 0 unspecified atom stereocenters. The zero-order chi connectivity index (χ0) is 18.7. The molecule has 3 aromatic rings. The Morgan fingerprint density at radius 2 is 1.69 bits per heavy atom. The fraction of sp³-hybridized carbons (Fsp3) is 0.143. The van der Waals surface area contributed by atoms with Gasteiger partial charge in [0.15, 0.2) is 0 Å². The van der Waals surface area contributed by atoms with Crippen LogP contribution in [0.1, 0.15) is 27.7 Å². The quantitative estimate of drug-likeness (QED) is 0.694. The van der Waals surface area contributed by atoms with Crippen molar-refractivity contribution in [3.05, 3.63) is 76.7 Å². The van der Waals surface area contributed by atoms with E-state index >= 15 is 0 Å². The minimum atomic E-state index is -1.02. The number of carboxylic acids is 1. The average Bonchev–Trinajstić information content (AvgIpc) is 3.07. The van der Waals surface area contributed by atoms with Crippen molar-refractivity contribution in [3.8, 4) is 10.4 Å². The fourth-order valence-electron chi connectivity index (χ4n) is 2.80. The number of aromatic carboxylic acids is 1. The van der Waals surface area contributed by atoms with Gasteiger partial charge in [0.1, 0.15) is 4.88 Å². The highest BCUT2D eigenvalue weighted by Crippen LogP contribution is 2.37. The lowest BCUT2D eigenvalue weighted by molar-refractivity contribution is -0.116. The van der Waals surface area contributed by atoms with Gasteiger partial charge in [-0.15, -0.1) is 11.3 Å². The Bertz CT molecular complexity index is 947. The standard InChI is InChI=1S/C21H19NO3S/c1-14-8-6-7-11-17(14)13-22(15(2)23)18-12-19(26-20(18)21(24)25)16-9-4-3-5-10-16/h3-12H,13H2,1-2H3,(H,24,25). The van der Waals surface area contributed by atoms with Crippen molar-refractivity contribution in [3.63, 3.8) is 0 Å². The smallest absolute Gasteiger partial charge is 0.348 e. The van der Waals surface area contributed by atoms with E-state index < -0.39 is 5.97 Å². The topological polar surface area (TPSA) is 57.6 Å². The Morgan fingerprint density at radius 3 is 2.31 bits per heavy atom. The molecule has 0 spiro atoms. The van der Waals surface area contributed by atoms with E-state index in [0.29, 0.717) is 12.2 Å². The second kappa shape index (κ2) is 7.54. The SMILES string of the molecule is CC(=O)N(Cc1ccccc1C)c1cc(-c2ccccc2)sc1C(=O)O. The minimum Gasteiger partial charge on any atom is -0.477 e. The lowest BCUT2D eigenvalue weighted by atomic mass is 10.1. The Labute approximate surface area is 156 Å². The van der Waals surface area contributed by atoms with Crippen molar-refractivity contribution < 1.29 is 14.7 Å². The van der Waals surface area contributed by atoms with Gasteiger partial charge in [-0.3, -0.25) is 4.79 Å². The molecule has 132 valence electrons. The second-order valence-electron chi connectivity index (χ2n) is 6.03. The number of thiophene rings is 1. The number of carbonyl (C=O) groups excluding carboxylic acids is 1. The van der Waals surface area contributed by atoms with Crippen molar-refractivity contribution in [2.24, 2.45) is 0 Å². The zero-order valence-corrected chi connectivity index (χ0v) is 15.4. The van der Waals surface area contributed by atoms with Gasteiger partial charge in [0.2, 0.25) is 5.91 Å². The molecule has 1 amide bonds. The van der Waals surface area contributed by atoms with Crippen LogP contribution >= 0.6 is 11.3 Å². The van der Waals surface area contributed by atoms with Crippen molar-refractivity contribution in [2.75, 3.05) is 4.90 Å². The molecule has 26 heavy (non-hydrogen) atoms. The molecule has 5 heteroatoms. The number of rotatable bonds is 5. The highest BCUT2D eigenvalue weighted by atomic mass is 32.1. The molecule has 0 atom stereocenters. The molecule has 0 radical (unpaired) electrons. The van der Waals surface area contributed by atoms with Crippen LogP contribution in [-0.4, -0.2) is 17.0 Å². The number of hydrogen-bond acceptors (Lipinski definition) is 3. The lowest BCUT2D eigenvalue weighted by Crippen LogP contribution is -2.29. The Kier molecular flexibility index (Phi) is 5.19. The molecule has 1 N–H and O–H groups in total. The van der Waals surface area contributed by atoms with Gasteiger partial charge < -0.3 is 10.0 Å². The van der Waals surface area contributed by atoms with Gasteiger partial charge >= 0.3 is 5.97 Å². The molecular formula is C21H19NO3S. The summed E-state index contributed by atoms with van der Waals surface area (Å²) in [6, 6.07) is 19.2. The van der Waals surface area contributed by atoms with Crippen LogP contribution in [0.2, 0.25) is 0 Å². The molecule has 2 aromatic carbocycles. The van der Waals surface area contributed by atoms with Gasteiger partial charge in [-0.05, 0) is 29.7 Å². The van der Waals surface area contributed by atoms with Crippen molar-refractivity contribution in [2.45, 2.75) is 20.4 Å². The molecule has 0 bridgehead atoms. The van der Waals surface area contributed by atoms with Gasteiger partial charge in [0.25, 0.3) is 0 Å². The summed E-state index contributed by atoms with van der Waals surface area (Å²) in [5, 5.41) is 9.65. The van der Waals surface area contributed by atoms with Crippen LogP contribution in [0.5, 0.6) is 0 Å². The van der Waals surface area contributed by atoms with Crippen molar-refractivity contribution in [1.82, 2.24) is 0 Å². The third-order valence-electron chi connectivity index (χ3n) is 4.23. The third-order valence-corrected chi connectivity index (χ3v) is 5.39. The van der Waals surface area contributed by atoms with Crippen molar-refractivity contribution in [1.29, 1.82) is 0 Å². The molecule has 1 heterocycles. The van der Waals surface area contributed by atoms with Crippen molar-refractivity contribution >= 4 is 28.9 Å². The van der Waals surface area contributed by atoms with E-state index in [0.717, 1.165) is 21.6 Å². The average molecular weight is 365 g/mol. The fourth-order valence-corrected chi connectivity index (χ4v) is 3.81. The highest BCUT2D eigenvalue weighted by Gasteiger charge is 2.24. The summed E-state index contributed by atoms with van der Waals surface area (Å²) in [5.41, 5.74) is 3.43. The number of carboxylic acid groups (broad SMARTS) is 1. The Morgan fingerprint density at radius 1 is 1.04 bits per heavy atom. The van der Waals surface area contributed by atoms with E-state index in [1.165, 1.54) is 23.2 Å². The maximum atomic E-state index is 12.3. The summed E-state index contributed by atoms with van der Waals surface area (Å²) < 4.78 is 0. The van der Waals surface area contributed by atoms with Crippen LogP contribution in [0.15, 0.2) is 60.7 Å². The molecule has 0 fully saturated rings. The third kappa shape index (κ3) is 3.68. The summed E-state index contributed by atoms with van der Waals surface area (Å²) in [4.78, 5) is 26.6. The van der Waals surface area contributed by atoms with Crippen LogP contribution < -0.4 is 4.90 Å². The Balaban J connectivity index is 2.06. The number of nitrogens with zero attached hydrogens (tertiary/aromatic N) is 1. The van der Waals surface area contributed by atoms with Crippen LogP contribution in [0.25, 0.3) is 10.4 Å². The van der Waals surface area contributed by atoms with E-state index in [9.17, 15) is 14.7 Å². The zero-order valence-electron chi connectivity index (χ0n) is 14.6. The summed E-state index contributed by atoms with van der Waals surface area (Å²) in [7, 11) is 0. The molecule has 1 aromatic heterocycles. The molecule has 3 rings (SSSR count). The highest BCUT2D eigenvalue weighted by molar-refractivity contribution is 7.18. The van der Waals surface area contributed by atoms with Gasteiger partial charge in [-0.1, -0.05) is 54.6 Å². The minimum absolute atomic E-state index is 0.174. The van der Waals surface area contributed by atoms with Gasteiger partial charge in [0.05, 0.1) is 12.2 Å². The number of amides is 1. The van der Waals surface area contributed by atoms with Gasteiger partial charge in [0, 0.05) is 11.8 Å². The predicted octanol–water partition coefficient (Wildman–Crippen LogP) is 4.97. The molecule has 4 nitrogen and oxygen atoms in total. The first-order valence-electron chi connectivity index (χ1n) is 8.22. The van der Waals surface area contributed by atoms with Crippen LogP contribution in [0.4, 0.5) is 5.69 Å². The predicted molar refractivity (Wildman–Crippen MR) is 105 cm³/mol. The number of aryl methyl sites for hydroxylation is 1. The van der Waals surface area contributed by atoms with E-state index in [1.807, 2.05) is 61.5 Å². The first kappa shape index (κ1) is 17.9. The second-order valence-corrected chi connectivity index (χ2v) is 7.08. The summed E-state index contributed by atoms with van der Waals surface area (Å²) in [6.45, 7) is 3.78. The van der Waals surface area contributed by atoms with Crippen LogP contribution in [-0.2, 0) is 11.3 Å². The monoisotopic (exact) mass is 365 g/mol. The van der Waals surface area contributed by atoms with E-state index in [4.69, 9.17) is 0 Å². The van der Waals surface area contributed by atoms with E-state index in [2.05, 4.69) is 0 Å². The summed E-state index contributed by atoms with van der Waals surface area (Å²) in [6.07, 6.45) is 0. The molecule has 0 aliphatic rings. The maximum absolute atomic E-state index is 12.3. The molecule has 0 saturated carbocycles. The van der Waals surface area contributed by atoms with Gasteiger partial charge in [-0.2, -0.15) is 0 Å². The first-order valence-corrected chi connectivity index (χ1v) is 9.04. The summed E-state index contributed by atoms with van der Waals surface area (Å²) in [5.74, 6) is -1.21. The first-order chi connectivity index (χ1) is 12.5. The summed E-state index contributed by atoms with van der Waals surface area (Å²) >= 11 is 1.19. The normalized spacial score (nSPS) is 10.5. The molecule has 0 saturated heterocycles. The molecule has 0 aliphatic carbocycles. The lowest BCUT2D eigenvalue weighted by Gasteiger charge is -2.22. The maximum Gasteiger partial charge on any atom is 0.348 e. The van der Waals surface area contributed by atoms with Gasteiger partial charge in [-0.25, -0.2) is 4.79 Å². The molecule has 0 aliphatic heterocycles.